The third kappa shape index (κ3) is 2.57. The summed E-state index contributed by atoms with van der Waals surface area (Å²) in [4.78, 5) is 5.17. The van der Waals surface area contributed by atoms with Crippen LogP contribution in [0.4, 0.5) is 5.69 Å². The summed E-state index contributed by atoms with van der Waals surface area (Å²) in [6, 6.07) is 7.48. The highest BCUT2D eigenvalue weighted by atomic mass is 15.2. The lowest BCUT2D eigenvalue weighted by Crippen LogP contribution is -2.43. The summed E-state index contributed by atoms with van der Waals surface area (Å²) >= 11 is 0. The molecule has 2 aliphatic rings. The molecule has 1 aromatic carbocycles. The molecule has 2 aliphatic heterocycles. The first-order chi connectivity index (χ1) is 9.66. The average Bonchev–Trinajstić information content (AvgIpc) is 2.79. The molecule has 1 unspecified atom stereocenters. The predicted molar refractivity (Wildman–Crippen MR) is 85.5 cm³/mol. The second-order valence-corrected chi connectivity index (χ2v) is 6.53. The van der Waals surface area contributed by atoms with Gasteiger partial charge in [-0.3, -0.25) is 4.90 Å². The SMILES string of the molecule is CC1CN(C(C)C)c2c(CN3CCNCC3)cccc21. The average molecular weight is 273 g/mol. The van der Waals surface area contributed by atoms with Gasteiger partial charge in [0.05, 0.1) is 0 Å². The van der Waals surface area contributed by atoms with Crippen LogP contribution in [-0.4, -0.2) is 43.7 Å². The minimum atomic E-state index is 0.586. The molecule has 0 saturated carbocycles. The molecule has 20 heavy (non-hydrogen) atoms. The van der Waals surface area contributed by atoms with Gasteiger partial charge in [-0.05, 0) is 25.0 Å². The number of hydrogen-bond acceptors (Lipinski definition) is 3. The van der Waals surface area contributed by atoms with E-state index in [0.717, 1.165) is 19.6 Å². The normalized spacial score (nSPS) is 23.4. The number of hydrogen-bond donors (Lipinski definition) is 1. The Balaban J connectivity index is 1.88. The highest BCUT2D eigenvalue weighted by Gasteiger charge is 2.29. The smallest absolute Gasteiger partial charge is 0.0450 e. The summed E-state index contributed by atoms with van der Waals surface area (Å²) < 4.78 is 0. The van der Waals surface area contributed by atoms with Crippen LogP contribution >= 0.6 is 0 Å². The number of fused-ring (bicyclic) bond motifs is 1. The maximum atomic E-state index is 3.43. The molecule has 0 aliphatic carbocycles. The predicted octanol–water partition coefficient (Wildman–Crippen LogP) is 2.42. The lowest BCUT2D eigenvalue weighted by atomic mass is 10.0. The molecule has 0 amide bonds. The van der Waals surface area contributed by atoms with Crippen LogP contribution in [0.2, 0.25) is 0 Å². The molecule has 3 heteroatoms. The van der Waals surface area contributed by atoms with E-state index >= 15 is 0 Å². The lowest BCUT2D eigenvalue weighted by Gasteiger charge is -2.31. The highest BCUT2D eigenvalue weighted by molar-refractivity contribution is 5.65. The maximum Gasteiger partial charge on any atom is 0.0450 e. The quantitative estimate of drug-likeness (QED) is 0.912. The Kier molecular flexibility index (Phi) is 3.99. The minimum absolute atomic E-state index is 0.586. The number of para-hydroxylation sites is 1. The van der Waals surface area contributed by atoms with Crippen LogP contribution in [0.25, 0.3) is 0 Å². The van der Waals surface area contributed by atoms with Crippen molar-refractivity contribution in [3.8, 4) is 0 Å². The first kappa shape index (κ1) is 13.9. The van der Waals surface area contributed by atoms with Crippen LogP contribution in [0.5, 0.6) is 0 Å². The fourth-order valence-corrected chi connectivity index (χ4v) is 3.55. The largest absolute Gasteiger partial charge is 0.368 e. The molecule has 1 saturated heterocycles. The van der Waals surface area contributed by atoms with Crippen molar-refractivity contribution in [3.63, 3.8) is 0 Å². The summed E-state index contributed by atoms with van der Waals surface area (Å²) in [5.41, 5.74) is 4.59. The zero-order chi connectivity index (χ0) is 14.1. The molecule has 110 valence electrons. The van der Waals surface area contributed by atoms with Gasteiger partial charge in [-0.1, -0.05) is 25.1 Å². The maximum absolute atomic E-state index is 3.43. The van der Waals surface area contributed by atoms with Crippen molar-refractivity contribution in [2.75, 3.05) is 37.6 Å². The Morgan fingerprint density at radius 1 is 1.25 bits per heavy atom. The standard InChI is InChI=1S/C17H27N3/c1-13(2)20-11-14(3)16-6-4-5-15(17(16)20)12-19-9-7-18-8-10-19/h4-6,13-14,18H,7-12H2,1-3H3. The third-order valence-corrected chi connectivity index (χ3v) is 4.67. The van der Waals surface area contributed by atoms with E-state index in [4.69, 9.17) is 0 Å². The fraction of sp³-hybridized carbons (Fsp3) is 0.647. The molecular weight excluding hydrogens is 246 g/mol. The van der Waals surface area contributed by atoms with Gasteiger partial charge < -0.3 is 10.2 Å². The van der Waals surface area contributed by atoms with E-state index in [1.807, 2.05) is 0 Å². The van der Waals surface area contributed by atoms with E-state index in [2.05, 4.69) is 54.1 Å². The second-order valence-electron chi connectivity index (χ2n) is 6.53. The van der Waals surface area contributed by atoms with Crippen LogP contribution in [0, 0.1) is 0 Å². The molecule has 2 heterocycles. The summed E-state index contributed by atoms with van der Waals surface area (Å²) in [5, 5.41) is 3.43. The molecule has 1 fully saturated rings. The van der Waals surface area contributed by atoms with Gasteiger partial charge in [0.25, 0.3) is 0 Å². The van der Waals surface area contributed by atoms with E-state index in [1.165, 1.54) is 30.9 Å². The molecule has 3 rings (SSSR count). The van der Waals surface area contributed by atoms with Gasteiger partial charge in [-0.15, -0.1) is 0 Å². The molecule has 1 atom stereocenters. The van der Waals surface area contributed by atoms with Crippen LogP contribution in [0.3, 0.4) is 0 Å². The molecule has 0 bridgehead atoms. The Morgan fingerprint density at radius 3 is 2.70 bits per heavy atom. The number of piperazine rings is 1. The number of benzene rings is 1. The number of rotatable bonds is 3. The third-order valence-electron chi connectivity index (χ3n) is 4.67. The van der Waals surface area contributed by atoms with Gasteiger partial charge in [0.15, 0.2) is 0 Å². The van der Waals surface area contributed by atoms with Crippen molar-refractivity contribution in [2.24, 2.45) is 0 Å². The zero-order valence-electron chi connectivity index (χ0n) is 13.0. The van der Waals surface area contributed by atoms with Gasteiger partial charge in [-0.25, -0.2) is 0 Å². The Bertz CT molecular complexity index is 463. The monoisotopic (exact) mass is 273 g/mol. The van der Waals surface area contributed by atoms with E-state index in [-0.39, 0.29) is 0 Å². The molecule has 0 radical (unpaired) electrons. The highest BCUT2D eigenvalue weighted by Crippen LogP contribution is 2.40. The van der Waals surface area contributed by atoms with Crippen molar-refractivity contribution in [3.05, 3.63) is 29.3 Å². The van der Waals surface area contributed by atoms with Crippen molar-refractivity contribution < 1.29 is 0 Å². The van der Waals surface area contributed by atoms with Crippen molar-refractivity contribution in [1.82, 2.24) is 10.2 Å². The summed E-state index contributed by atoms with van der Waals surface area (Å²) in [5.74, 6) is 0.662. The summed E-state index contributed by atoms with van der Waals surface area (Å²) in [6.07, 6.45) is 0. The summed E-state index contributed by atoms with van der Waals surface area (Å²) in [6.45, 7) is 13.8. The molecule has 1 aromatic rings. The minimum Gasteiger partial charge on any atom is -0.368 e. The van der Waals surface area contributed by atoms with Crippen molar-refractivity contribution in [1.29, 1.82) is 0 Å². The second kappa shape index (κ2) is 5.74. The molecule has 0 spiro atoms. The molecule has 1 N–H and O–H groups in total. The fourth-order valence-electron chi connectivity index (χ4n) is 3.55. The molecule has 3 nitrogen and oxygen atoms in total. The number of nitrogens with zero attached hydrogens (tertiary/aromatic N) is 2. The van der Waals surface area contributed by atoms with Gasteiger partial charge in [0.1, 0.15) is 0 Å². The number of anilines is 1. The van der Waals surface area contributed by atoms with Crippen LogP contribution < -0.4 is 10.2 Å². The van der Waals surface area contributed by atoms with Crippen molar-refractivity contribution in [2.45, 2.75) is 39.3 Å². The van der Waals surface area contributed by atoms with E-state index in [1.54, 1.807) is 5.56 Å². The van der Waals surface area contributed by atoms with Crippen LogP contribution in [0.1, 0.15) is 37.8 Å². The molecule has 0 aromatic heterocycles. The lowest BCUT2D eigenvalue weighted by molar-refractivity contribution is 0.233. The zero-order valence-corrected chi connectivity index (χ0v) is 13.0. The van der Waals surface area contributed by atoms with Gasteiger partial charge in [0.2, 0.25) is 0 Å². The van der Waals surface area contributed by atoms with Crippen LogP contribution in [0.15, 0.2) is 18.2 Å². The Morgan fingerprint density at radius 2 is 2.00 bits per heavy atom. The van der Waals surface area contributed by atoms with E-state index < -0.39 is 0 Å². The first-order valence-electron chi connectivity index (χ1n) is 7.98. The Hall–Kier alpha value is -1.06. The van der Waals surface area contributed by atoms with E-state index in [9.17, 15) is 0 Å². The van der Waals surface area contributed by atoms with E-state index in [0.29, 0.717) is 12.0 Å². The van der Waals surface area contributed by atoms with Crippen molar-refractivity contribution >= 4 is 5.69 Å². The number of nitrogens with one attached hydrogen (secondary N) is 1. The van der Waals surface area contributed by atoms with Gasteiger partial charge >= 0.3 is 0 Å². The van der Waals surface area contributed by atoms with Gasteiger partial charge in [-0.2, -0.15) is 0 Å². The first-order valence-corrected chi connectivity index (χ1v) is 7.98. The Labute approximate surface area is 123 Å². The topological polar surface area (TPSA) is 18.5 Å². The van der Waals surface area contributed by atoms with Gasteiger partial charge in [0, 0.05) is 56.9 Å². The van der Waals surface area contributed by atoms with Crippen LogP contribution in [-0.2, 0) is 6.54 Å². The summed E-state index contributed by atoms with van der Waals surface area (Å²) in [7, 11) is 0. The molecular formula is C17H27N3.